The minimum absolute atomic E-state index is 0.0560. The molecule has 0 amide bonds. The Balaban J connectivity index is 2.28. The van der Waals surface area contributed by atoms with Crippen molar-refractivity contribution in [1.82, 2.24) is 4.90 Å². The smallest absolute Gasteiger partial charge is 0.269 e. The molecule has 0 aromatic heterocycles. The Kier molecular flexibility index (Phi) is 4.08. The zero-order valence-electron chi connectivity index (χ0n) is 11.5. The lowest BCUT2D eigenvalue weighted by atomic mass is 10.2. The van der Waals surface area contributed by atoms with E-state index in [0.717, 1.165) is 10.7 Å². The number of nitrogens with zero attached hydrogens (tertiary/aromatic N) is 3. The number of ketones is 1. The third kappa shape index (κ3) is 2.82. The van der Waals surface area contributed by atoms with Gasteiger partial charge in [0.15, 0.2) is 11.0 Å². The SMILES string of the molecule is CC(=O)[C@H]1CSC(=Nc2ccc([N+](=O)[O-])cc2C)N1C. The first-order valence-corrected chi connectivity index (χ1v) is 7.08. The van der Waals surface area contributed by atoms with E-state index in [9.17, 15) is 14.9 Å². The van der Waals surface area contributed by atoms with Crippen molar-refractivity contribution in [3.8, 4) is 0 Å². The van der Waals surface area contributed by atoms with Gasteiger partial charge < -0.3 is 4.90 Å². The molecular formula is C13H15N3O3S. The highest BCUT2D eigenvalue weighted by Crippen LogP contribution is 2.29. The van der Waals surface area contributed by atoms with Crippen LogP contribution in [-0.4, -0.2) is 39.6 Å². The van der Waals surface area contributed by atoms with Crippen LogP contribution in [0, 0.1) is 17.0 Å². The number of nitro benzene ring substituents is 1. The molecule has 1 aliphatic heterocycles. The molecular weight excluding hydrogens is 278 g/mol. The van der Waals surface area contributed by atoms with Crippen LogP contribution in [0.4, 0.5) is 11.4 Å². The molecule has 1 fully saturated rings. The molecule has 106 valence electrons. The van der Waals surface area contributed by atoms with Gasteiger partial charge in [0.1, 0.15) is 0 Å². The molecule has 1 heterocycles. The van der Waals surface area contributed by atoms with Crippen molar-refractivity contribution in [2.24, 2.45) is 4.99 Å². The lowest BCUT2D eigenvalue weighted by Gasteiger charge is -2.18. The number of aryl methyl sites for hydroxylation is 1. The third-order valence-electron chi connectivity index (χ3n) is 3.22. The van der Waals surface area contributed by atoms with Crippen LogP contribution < -0.4 is 0 Å². The summed E-state index contributed by atoms with van der Waals surface area (Å²) in [7, 11) is 1.84. The predicted molar refractivity (Wildman–Crippen MR) is 79.6 cm³/mol. The Morgan fingerprint density at radius 1 is 1.55 bits per heavy atom. The van der Waals surface area contributed by atoms with E-state index in [1.165, 1.54) is 23.9 Å². The molecule has 0 radical (unpaired) electrons. The van der Waals surface area contributed by atoms with Crippen LogP contribution >= 0.6 is 11.8 Å². The van der Waals surface area contributed by atoms with Crippen molar-refractivity contribution in [2.75, 3.05) is 12.8 Å². The fraction of sp³-hybridized carbons (Fsp3) is 0.385. The molecule has 7 heteroatoms. The second-order valence-corrected chi connectivity index (χ2v) is 5.66. The molecule has 1 saturated heterocycles. The molecule has 2 rings (SSSR count). The monoisotopic (exact) mass is 293 g/mol. The zero-order chi connectivity index (χ0) is 14.9. The number of rotatable bonds is 3. The molecule has 0 bridgehead atoms. The van der Waals surface area contributed by atoms with Gasteiger partial charge in [0, 0.05) is 24.9 Å². The molecule has 0 N–H and O–H groups in total. The molecule has 0 aliphatic carbocycles. The van der Waals surface area contributed by atoms with Gasteiger partial charge in [0.05, 0.1) is 16.7 Å². The van der Waals surface area contributed by atoms with E-state index in [2.05, 4.69) is 4.99 Å². The van der Waals surface area contributed by atoms with Crippen LogP contribution in [0.2, 0.25) is 0 Å². The van der Waals surface area contributed by atoms with Gasteiger partial charge in [-0.2, -0.15) is 0 Å². The quantitative estimate of drug-likeness (QED) is 0.632. The summed E-state index contributed by atoms with van der Waals surface area (Å²) in [6.07, 6.45) is 0. The summed E-state index contributed by atoms with van der Waals surface area (Å²) in [5, 5.41) is 11.5. The number of thioether (sulfide) groups is 1. The number of benzene rings is 1. The number of aliphatic imine (C=N–C) groups is 1. The van der Waals surface area contributed by atoms with Crippen molar-refractivity contribution in [3.63, 3.8) is 0 Å². The first-order chi connectivity index (χ1) is 9.40. The molecule has 0 saturated carbocycles. The Bertz CT molecular complexity index is 601. The zero-order valence-corrected chi connectivity index (χ0v) is 12.3. The summed E-state index contributed by atoms with van der Waals surface area (Å²) in [4.78, 5) is 28.1. The van der Waals surface area contributed by atoms with Crippen molar-refractivity contribution in [1.29, 1.82) is 0 Å². The lowest BCUT2D eigenvalue weighted by Crippen LogP contribution is -2.35. The predicted octanol–water partition coefficient (Wildman–Crippen LogP) is 2.53. The number of hydrogen-bond acceptors (Lipinski definition) is 5. The topological polar surface area (TPSA) is 75.8 Å². The van der Waals surface area contributed by atoms with Crippen molar-refractivity contribution < 1.29 is 9.72 Å². The molecule has 6 nitrogen and oxygen atoms in total. The number of non-ortho nitro benzene ring substituents is 1. The molecule has 0 unspecified atom stereocenters. The van der Waals surface area contributed by atoms with Gasteiger partial charge in [0.2, 0.25) is 0 Å². The molecule has 1 atom stereocenters. The van der Waals surface area contributed by atoms with Crippen LogP contribution in [0.25, 0.3) is 0 Å². The number of carbonyl (C=O) groups excluding carboxylic acids is 1. The van der Waals surface area contributed by atoms with Crippen LogP contribution in [0.3, 0.4) is 0 Å². The van der Waals surface area contributed by atoms with Crippen LogP contribution in [0.15, 0.2) is 23.2 Å². The maximum absolute atomic E-state index is 11.5. The van der Waals surface area contributed by atoms with Crippen LogP contribution in [-0.2, 0) is 4.79 Å². The van der Waals surface area contributed by atoms with Crippen molar-refractivity contribution >= 4 is 34.1 Å². The molecule has 0 spiro atoms. The van der Waals surface area contributed by atoms with Gasteiger partial charge in [-0.15, -0.1) is 0 Å². The number of nitro groups is 1. The fourth-order valence-electron chi connectivity index (χ4n) is 1.98. The van der Waals surface area contributed by atoms with Gasteiger partial charge in [-0.25, -0.2) is 4.99 Å². The first kappa shape index (κ1) is 14.5. The van der Waals surface area contributed by atoms with E-state index in [0.29, 0.717) is 11.4 Å². The summed E-state index contributed by atoms with van der Waals surface area (Å²) >= 11 is 1.52. The highest BCUT2D eigenvalue weighted by molar-refractivity contribution is 8.14. The van der Waals surface area contributed by atoms with Gasteiger partial charge >= 0.3 is 0 Å². The highest BCUT2D eigenvalue weighted by atomic mass is 32.2. The maximum atomic E-state index is 11.5. The number of carbonyl (C=O) groups is 1. The van der Waals surface area contributed by atoms with E-state index >= 15 is 0 Å². The minimum atomic E-state index is -0.424. The van der Waals surface area contributed by atoms with Crippen LogP contribution in [0.5, 0.6) is 0 Å². The van der Waals surface area contributed by atoms with Gasteiger partial charge in [-0.05, 0) is 25.5 Å². The number of likely N-dealkylation sites (N-methyl/N-ethyl adjacent to an activating group) is 1. The average Bonchev–Trinajstić information content (AvgIpc) is 2.73. The Labute approximate surface area is 121 Å². The van der Waals surface area contributed by atoms with E-state index in [1.54, 1.807) is 19.9 Å². The highest BCUT2D eigenvalue weighted by Gasteiger charge is 2.30. The summed E-state index contributed by atoms with van der Waals surface area (Å²) < 4.78 is 0. The van der Waals surface area contributed by atoms with Crippen molar-refractivity contribution in [2.45, 2.75) is 19.9 Å². The number of amidine groups is 1. The van der Waals surface area contributed by atoms with Gasteiger partial charge in [-0.3, -0.25) is 14.9 Å². The summed E-state index contributed by atoms with van der Waals surface area (Å²) in [5.74, 6) is 0.807. The third-order valence-corrected chi connectivity index (χ3v) is 4.34. The molecule has 1 aliphatic rings. The normalized spacial score (nSPS) is 20.4. The largest absolute Gasteiger partial charge is 0.343 e. The van der Waals surface area contributed by atoms with Gasteiger partial charge in [0.25, 0.3) is 5.69 Å². The molecule has 1 aromatic rings. The van der Waals surface area contributed by atoms with E-state index < -0.39 is 4.92 Å². The van der Waals surface area contributed by atoms with E-state index in [-0.39, 0.29) is 17.5 Å². The Hall–Kier alpha value is -1.89. The van der Waals surface area contributed by atoms with Gasteiger partial charge in [-0.1, -0.05) is 11.8 Å². The Morgan fingerprint density at radius 2 is 2.25 bits per heavy atom. The minimum Gasteiger partial charge on any atom is -0.343 e. The van der Waals surface area contributed by atoms with Crippen molar-refractivity contribution in [3.05, 3.63) is 33.9 Å². The van der Waals surface area contributed by atoms with E-state index in [1.807, 2.05) is 11.9 Å². The fourth-order valence-corrected chi connectivity index (χ4v) is 3.24. The van der Waals surface area contributed by atoms with Crippen LogP contribution in [0.1, 0.15) is 12.5 Å². The lowest BCUT2D eigenvalue weighted by molar-refractivity contribution is -0.384. The Morgan fingerprint density at radius 3 is 2.75 bits per heavy atom. The first-order valence-electron chi connectivity index (χ1n) is 6.10. The average molecular weight is 293 g/mol. The standard InChI is InChI=1S/C13H15N3O3S/c1-8-6-10(16(18)19)4-5-11(8)14-13-15(3)12(7-20-13)9(2)17/h4-6,12H,7H2,1-3H3/t12-/m1/s1. The number of Topliss-reactive ketones (excluding diaryl/α,β-unsaturated/α-hetero) is 1. The van der Waals surface area contributed by atoms with E-state index in [4.69, 9.17) is 0 Å². The number of hydrogen-bond donors (Lipinski definition) is 0. The molecule has 20 heavy (non-hydrogen) atoms. The summed E-state index contributed by atoms with van der Waals surface area (Å²) in [6, 6.07) is 4.43. The molecule has 1 aromatic carbocycles. The second kappa shape index (κ2) is 5.62. The summed E-state index contributed by atoms with van der Waals surface area (Å²) in [6.45, 7) is 3.36. The summed E-state index contributed by atoms with van der Waals surface area (Å²) in [5.41, 5.74) is 1.49. The maximum Gasteiger partial charge on any atom is 0.269 e. The second-order valence-electron chi connectivity index (χ2n) is 4.67.